The van der Waals surface area contributed by atoms with Crippen molar-refractivity contribution < 1.29 is 14.6 Å². The zero-order valence-corrected chi connectivity index (χ0v) is 14.1. The molecule has 0 saturated heterocycles. The quantitative estimate of drug-likeness (QED) is 0.347. The standard InChI is InChI=1S/C23H18O3/c24-23(25)26-22-13-7-12-20(16-14-18-8-3-1-4-9-18)21(22)17-15-19-10-5-2-6-11-19/h1-17H,(H,24,25). The normalized spacial score (nSPS) is 11.1. The summed E-state index contributed by atoms with van der Waals surface area (Å²) >= 11 is 0. The van der Waals surface area contributed by atoms with Gasteiger partial charge in [-0.3, -0.25) is 0 Å². The molecule has 3 rings (SSSR count). The van der Waals surface area contributed by atoms with Crippen LogP contribution in [0.15, 0.2) is 78.9 Å². The molecule has 0 spiro atoms. The van der Waals surface area contributed by atoms with Crippen LogP contribution in [0.2, 0.25) is 0 Å². The summed E-state index contributed by atoms with van der Waals surface area (Å²) in [4.78, 5) is 11.0. The van der Waals surface area contributed by atoms with E-state index in [4.69, 9.17) is 9.84 Å². The number of hydrogen-bond acceptors (Lipinski definition) is 2. The molecule has 0 fully saturated rings. The van der Waals surface area contributed by atoms with Gasteiger partial charge in [0, 0.05) is 5.56 Å². The van der Waals surface area contributed by atoms with Gasteiger partial charge < -0.3 is 9.84 Å². The van der Waals surface area contributed by atoms with Crippen LogP contribution in [0.4, 0.5) is 4.79 Å². The summed E-state index contributed by atoms with van der Waals surface area (Å²) in [5, 5.41) is 9.01. The SMILES string of the molecule is O=C(O)Oc1cccc(C=Cc2ccccc2)c1C=Cc1ccccc1. The van der Waals surface area contributed by atoms with Gasteiger partial charge in [-0.1, -0.05) is 97.1 Å². The topological polar surface area (TPSA) is 46.5 Å². The Labute approximate surface area is 152 Å². The molecule has 0 radical (unpaired) electrons. The Morgan fingerprint density at radius 1 is 0.692 bits per heavy atom. The monoisotopic (exact) mass is 342 g/mol. The third-order valence-corrected chi connectivity index (χ3v) is 3.79. The Hall–Kier alpha value is -3.59. The summed E-state index contributed by atoms with van der Waals surface area (Å²) in [5.74, 6) is 0.305. The maximum absolute atomic E-state index is 11.0. The molecular weight excluding hydrogens is 324 g/mol. The van der Waals surface area contributed by atoms with E-state index in [9.17, 15) is 4.79 Å². The van der Waals surface area contributed by atoms with Crippen LogP contribution in [-0.2, 0) is 0 Å². The van der Waals surface area contributed by atoms with Crippen molar-refractivity contribution in [3.8, 4) is 5.75 Å². The average Bonchev–Trinajstić information content (AvgIpc) is 2.67. The molecule has 3 heteroatoms. The lowest BCUT2D eigenvalue weighted by Crippen LogP contribution is -2.04. The minimum absolute atomic E-state index is 0.305. The lowest BCUT2D eigenvalue weighted by atomic mass is 10.0. The second kappa shape index (κ2) is 8.49. The van der Waals surface area contributed by atoms with Gasteiger partial charge in [0.05, 0.1) is 0 Å². The molecule has 0 bridgehead atoms. The summed E-state index contributed by atoms with van der Waals surface area (Å²) in [6.45, 7) is 0. The molecular formula is C23H18O3. The van der Waals surface area contributed by atoms with Crippen LogP contribution >= 0.6 is 0 Å². The van der Waals surface area contributed by atoms with Crippen molar-refractivity contribution >= 4 is 30.5 Å². The Morgan fingerprint density at radius 3 is 1.85 bits per heavy atom. The molecule has 0 amide bonds. The molecule has 0 aromatic heterocycles. The number of carbonyl (C=O) groups is 1. The van der Waals surface area contributed by atoms with Crippen LogP contribution in [-0.4, -0.2) is 11.3 Å². The second-order valence-electron chi connectivity index (χ2n) is 5.62. The molecule has 0 aliphatic heterocycles. The van der Waals surface area contributed by atoms with Crippen LogP contribution in [0.5, 0.6) is 5.75 Å². The highest BCUT2D eigenvalue weighted by atomic mass is 16.7. The predicted octanol–water partition coefficient (Wildman–Crippen LogP) is 6.08. The zero-order valence-electron chi connectivity index (χ0n) is 14.1. The molecule has 1 N–H and O–H groups in total. The van der Waals surface area contributed by atoms with Crippen LogP contribution < -0.4 is 4.74 Å². The van der Waals surface area contributed by atoms with Gasteiger partial charge in [-0.15, -0.1) is 0 Å². The average molecular weight is 342 g/mol. The Kier molecular flexibility index (Phi) is 5.63. The van der Waals surface area contributed by atoms with E-state index in [2.05, 4.69) is 0 Å². The summed E-state index contributed by atoms with van der Waals surface area (Å²) in [6.07, 6.45) is 6.42. The molecule has 0 heterocycles. The Morgan fingerprint density at radius 2 is 1.27 bits per heavy atom. The minimum Gasteiger partial charge on any atom is -0.449 e. The van der Waals surface area contributed by atoms with E-state index < -0.39 is 6.16 Å². The van der Waals surface area contributed by atoms with Gasteiger partial charge in [0.15, 0.2) is 0 Å². The lowest BCUT2D eigenvalue weighted by Gasteiger charge is -2.08. The van der Waals surface area contributed by atoms with Gasteiger partial charge in [-0.2, -0.15) is 0 Å². The predicted molar refractivity (Wildman–Crippen MR) is 106 cm³/mol. The van der Waals surface area contributed by atoms with E-state index in [1.165, 1.54) is 0 Å². The fraction of sp³-hybridized carbons (Fsp3) is 0. The smallest absolute Gasteiger partial charge is 0.449 e. The molecule has 26 heavy (non-hydrogen) atoms. The van der Waals surface area contributed by atoms with Crippen molar-refractivity contribution in [1.29, 1.82) is 0 Å². The first-order chi connectivity index (χ1) is 12.7. The number of rotatable bonds is 5. The van der Waals surface area contributed by atoms with Crippen molar-refractivity contribution in [2.45, 2.75) is 0 Å². The number of hydrogen-bond donors (Lipinski definition) is 1. The highest BCUT2D eigenvalue weighted by molar-refractivity contribution is 5.83. The second-order valence-corrected chi connectivity index (χ2v) is 5.62. The van der Waals surface area contributed by atoms with Gasteiger partial charge in [0.2, 0.25) is 0 Å². The van der Waals surface area contributed by atoms with E-state index in [-0.39, 0.29) is 0 Å². The fourth-order valence-electron chi connectivity index (χ4n) is 2.56. The van der Waals surface area contributed by atoms with Crippen LogP contribution in [0.3, 0.4) is 0 Å². The van der Waals surface area contributed by atoms with E-state index >= 15 is 0 Å². The van der Waals surface area contributed by atoms with Crippen LogP contribution in [0, 0.1) is 0 Å². The largest absolute Gasteiger partial charge is 0.511 e. The fourth-order valence-corrected chi connectivity index (χ4v) is 2.56. The molecule has 128 valence electrons. The molecule has 3 nitrogen and oxygen atoms in total. The molecule has 3 aromatic rings. The summed E-state index contributed by atoms with van der Waals surface area (Å²) in [6, 6.07) is 25.1. The lowest BCUT2D eigenvalue weighted by molar-refractivity contribution is 0.144. The first-order valence-electron chi connectivity index (χ1n) is 8.22. The van der Waals surface area contributed by atoms with Crippen LogP contribution in [0.25, 0.3) is 24.3 Å². The van der Waals surface area contributed by atoms with Gasteiger partial charge in [0.25, 0.3) is 0 Å². The van der Waals surface area contributed by atoms with Crippen molar-refractivity contribution in [2.75, 3.05) is 0 Å². The van der Waals surface area contributed by atoms with Gasteiger partial charge in [-0.05, 0) is 22.8 Å². The molecule has 0 atom stereocenters. The van der Waals surface area contributed by atoms with Gasteiger partial charge >= 0.3 is 6.16 Å². The molecule has 0 saturated carbocycles. The van der Waals surface area contributed by atoms with Gasteiger partial charge in [0.1, 0.15) is 5.75 Å². The highest BCUT2D eigenvalue weighted by Gasteiger charge is 2.09. The first kappa shape index (κ1) is 17.2. The summed E-state index contributed by atoms with van der Waals surface area (Å²) < 4.78 is 4.96. The third-order valence-electron chi connectivity index (χ3n) is 3.79. The molecule has 0 unspecified atom stereocenters. The summed E-state index contributed by atoms with van der Waals surface area (Å²) in [7, 11) is 0. The number of carboxylic acid groups (broad SMARTS) is 1. The summed E-state index contributed by atoms with van der Waals surface area (Å²) in [5.41, 5.74) is 3.68. The Bertz CT molecular complexity index is 926. The van der Waals surface area contributed by atoms with E-state index in [0.717, 1.165) is 16.7 Å². The molecule has 3 aromatic carbocycles. The highest BCUT2D eigenvalue weighted by Crippen LogP contribution is 2.27. The zero-order chi connectivity index (χ0) is 18.2. The van der Waals surface area contributed by atoms with Crippen LogP contribution in [0.1, 0.15) is 22.3 Å². The van der Waals surface area contributed by atoms with E-state index in [1.807, 2.05) is 91.0 Å². The van der Waals surface area contributed by atoms with Crippen molar-refractivity contribution in [1.82, 2.24) is 0 Å². The maximum Gasteiger partial charge on any atom is 0.511 e. The Balaban J connectivity index is 1.99. The number of benzene rings is 3. The van der Waals surface area contributed by atoms with E-state index in [0.29, 0.717) is 11.3 Å². The minimum atomic E-state index is -1.33. The van der Waals surface area contributed by atoms with Gasteiger partial charge in [-0.25, -0.2) is 4.79 Å². The molecule has 0 aliphatic rings. The molecule has 0 aliphatic carbocycles. The van der Waals surface area contributed by atoms with Crippen molar-refractivity contribution in [3.63, 3.8) is 0 Å². The van der Waals surface area contributed by atoms with Crippen molar-refractivity contribution in [3.05, 3.63) is 101 Å². The maximum atomic E-state index is 11.0. The van der Waals surface area contributed by atoms with Crippen molar-refractivity contribution in [2.24, 2.45) is 0 Å². The first-order valence-corrected chi connectivity index (χ1v) is 8.22. The third kappa shape index (κ3) is 4.71. The van der Waals surface area contributed by atoms with E-state index in [1.54, 1.807) is 12.1 Å². The number of ether oxygens (including phenoxy) is 1.